The van der Waals surface area contributed by atoms with Gasteiger partial charge in [0.2, 0.25) is 5.91 Å². The van der Waals surface area contributed by atoms with Crippen molar-refractivity contribution < 1.29 is 24.5 Å². The summed E-state index contributed by atoms with van der Waals surface area (Å²) in [6.45, 7) is 4.90. The number of unbranched alkanes of at least 4 members (excludes halogenated alkanes) is 32. The summed E-state index contributed by atoms with van der Waals surface area (Å²) in [5, 5.41) is 23.1. The van der Waals surface area contributed by atoms with E-state index >= 15 is 0 Å². The lowest BCUT2D eigenvalue weighted by atomic mass is 10.0. The molecule has 0 spiro atoms. The van der Waals surface area contributed by atoms with E-state index in [0.29, 0.717) is 25.9 Å². The van der Waals surface area contributed by atoms with Gasteiger partial charge in [-0.25, -0.2) is 0 Å². The second-order valence-electron chi connectivity index (χ2n) is 16.8. The van der Waals surface area contributed by atoms with Gasteiger partial charge in [-0.15, -0.1) is 0 Å². The van der Waals surface area contributed by atoms with Crippen LogP contribution in [0.5, 0.6) is 0 Å². The summed E-state index contributed by atoms with van der Waals surface area (Å²) in [5.41, 5.74) is 0. The molecule has 6 heteroatoms. The summed E-state index contributed by atoms with van der Waals surface area (Å²) in [5.74, 6) is -0.0692. The van der Waals surface area contributed by atoms with Gasteiger partial charge in [-0.05, 0) is 51.4 Å². The average Bonchev–Trinajstić information content (AvgIpc) is 3.18. The summed E-state index contributed by atoms with van der Waals surface area (Å²) in [6, 6.07) is -0.551. The minimum Gasteiger partial charge on any atom is -0.466 e. The molecule has 0 heterocycles. The van der Waals surface area contributed by atoms with Crippen LogP contribution in [-0.4, -0.2) is 47.4 Å². The Morgan fingerprint density at radius 1 is 0.491 bits per heavy atom. The number of esters is 1. The zero-order valence-electron chi connectivity index (χ0n) is 36.9. The molecule has 2 unspecified atom stereocenters. The van der Waals surface area contributed by atoms with Crippen LogP contribution in [0.25, 0.3) is 0 Å². The third-order valence-corrected chi connectivity index (χ3v) is 11.3. The van der Waals surface area contributed by atoms with Crippen LogP contribution in [0.1, 0.15) is 264 Å². The number of rotatable bonds is 45. The molecule has 0 aliphatic carbocycles. The predicted octanol–water partition coefficient (Wildman–Crippen LogP) is 14.2. The molecule has 0 saturated carbocycles. The molecule has 0 radical (unpaired) electrons. The largest absolute Gasteiger partial charge is 0.466 e. The number of amides is 1. The minimum atomic E-state index is -0.672. The first-order chi connectivity index (χ1) is 27.0. The third-order valence-electron chi connectivity index (χ3n) is 11.3. The van der Waals surface area contributed by atoms with E-state index in [1.807, 2.05) is 0 Å². The summed E-state index contributed by atoms with van der Waals surface area (Å²) >= 11 is 0. The van der Waals surface area contributed by atoms with E-state index < -0.39 is 12.1 Å². The van der Waals surface area contributed by atoms with Gasteiger partial charge >= 0.3 is 5.97 Å². The molecular formula is C49H95NO5. The number of carbonyl (C=O) groups is 2. The van der Waals surface area contributed by atoms with E-state index in [-0.39, 0.29) is 18.5 Å². The lowest BCUT2D eigenvalue weighted by molar-refractivity contribution is -0.143. The molecule has 55 heavy (non-hydrogen) atoms. The van der Waals surface area contributed by atoms with Crippen molar-refractivity contribution in [3.63, 3.8) is 0 Å². The summed E-state index contributed by atoms with van der Waals surface area (Å²) < 4.78 is 5.45. The molecular weight excluding hydrogens is 683 g/mol. The molecule has 2 atom stereocenters. The Kier molecular flexibility index (Phi) is 44.2. The second kappa shape index (κ2) is 45.3. The van der Waals surface area contributed by atoms with Crippen LogP contribution in [0, 0.1) is 0 Å². The Bertz CT molecular complexity index is 817. The van der Waals surface area contributed by atoms with Crippen molar-refractivity contribution in [2.24, 2.45) is 0 Å². The van der Waals surface area contributed by atoms with Crippen LogP contribution < -0.4 is 5.32 Å². The van der Waals surface area contributed by atoms with Gasteiger partial charge in [-0.3, -0.25) is 9.59 Å². The Hall–Kier alpha value is -1.40. The van der Waals surface area contributed by atoms with Crippen LogP contribution in [-0.2, 0) is 14.3 Å². The highest BCUT2D eigenvalue weighted by molar-refractivity contribution is 5.76. The second-order valence-corrected chi connectivity index (χ2v) is 16.8. The van der Waals surface area contributed by atoms with Crippen LogP contribution in [0.15, 0.2) is 12.2 Å². The molecule has 6 nitrogen and oxygen atoms in total. The third kappa shape index (κ3) is 42.0. The zero-order chi connectivity index (χ0) is 40.1. The van der Waals surface area contributed by atoms with Gasteiger partial charge in [0.05, 0.1) is 25.4 Å². The SMILES string of the molecule is CCCCCCCC/C=C\CCCCCCCC(=O)OCCCCCCCCCCCCCCC(=O)NC(CO)C(O)CCCCCCCCCCCCC. The summed E-state index contributed by atoms with van der Waals surface area (Å²) in [6.07, 6.45) is 50.3. The van der Waals surface area contributed by atoms with Crippen molar-refractivity contribution in [2.45, 2.75) is 276 Å². The van der Waals surface area contributed by atoms with Crippen LogP contribution in [0.2, 0.25) is 0 Å². The molecule has 0 aliphatic heterocycles. The van der Waals surface area contributed by atoms with E-state index in [1.165, 1.54) is 173 Å². The molecule has 0 aliphatic rings. The average molecular weight is 778 g/mol. The quantitative estimate of drug-likeness (QED) is 0.0325. The molecule has 0 saturated heterocycles. The van der Waals surface area contributed by atoms with Crippen molar-refractivity contribution in [3.8, 4) is 0 Å². The fourth-order valence-corrected chi connectivity index (χ4v) is 7.51. The monoisotopic (exact) mass is 778 g/mol. The number of aliphatic hydroxyl groups excluding tert-OH is 2. The van der Waals surface area contributed by atoms with Gasteiger partial charge < -0.3 is 20.3 Å². The molecule has 0 rings (SSSR count). The maximum Gasteiger partial charge on any atom is 0.305 e. The first-order valence-corrected chi connectivity index (χ1v) is 24.4. The topological polar surface area (TPSA) is 95.9 Å². The summed E-state index contributed by atoms with van der Waals surface area (Å²) in [7, 11) is 0. The lowest BCUT2D eigenvalue weighted by Crippen LogP contribution is -2.45. The van der Waals surface area contributed by atoms with E-state index in [1.54, 1.807) is 0 Å². The van der Waals surface area contributed by atoms with Crippen molar-refractivity contribution in [1.29, 1.82) is 0 Å². The highest BCUT2D eigenvalue weighted by Gasteiger charge is 2.20. The first kappa shape index (κ1) is 53.6. The van der Waals surface area contributed by atoms with Crippen molar-refractivity contribution in [1.82, 2.24) is 5.32 Å². The molecule has 1 amide bonds. The Balaban J connectivity index is 3.45. The number of ether oxygens (including phenoxy) is 1. The molecule has 3 N–H and O–H groups in total. The number of hydrogen-bond donors (Lipinski definition) is 3. The van der Waals surface area contributed by atoms with Gasteiger partial charge in [0.1, 0.15) is 0 Å². The van der Waals surface area contributed by atoms with E-state index in [4.69, 9.17) is 4.74 Å². The van der Waals surface area contributed by atoms with Gasteiger partial charge in [0.25, 0.3) is 0 Å². The number of allylic oxidation sites excluding steroid dienone is 2. The molecule has 0 aromatic heterocycles. The van der Waals surface area contributed by atoms with Crippen LogP contribution in [0.4, 0.5) is 0 Å². The van der Waals surface area contributed by atoms with Gasteiger partial charge in [-0.1, -0.05) is 212 Å². The molecule has 0 aromatic carbocycles. The fourth-order valence-electron chi connectivity index (χ4n) is 7.51. The first-order valence-electron chi connectivity index (χ1n) is 24.4. The number of carbonyl (C=O) groups excluding carboxylic acids is 2. The Morgan fingerprint density at radius 3 is 1.29 bits per heavy atom. The van der Waals surface area contributed by atoms with E-state index in [0.717, 1.165) is 57.8 Å². The maximum atomic E-state index is 12.4. The van der Waals surface area contributed by atoms with Crippen LogP contribution in [0.3, 0.4) is 0 Å². The Labute approximate surface area is 342 Å². The molecule has 0 bridgehead atoms. The lowest BCUT2D eigenvalue weighted by Gasteiger charge is -2.22. The molecule has 326 valence electrons. The van der Waals surface area contributed by atoms with E-state index in [9.17, 15) is 19.8 Å². The smallest absolute Gasteiger partial charge is 0.305 e. The molecule has 0 aromatic rings. The predicted molar refractivity (Wildman–Crippen MR) is 237 cm³/mol. The number of nitrogens with one attached hydrogen (secondary N) is 1. The van der Waals surface area contributed by atoms with Gasteiger partial charge in [-0.2, -0.15) is 0 Å². The number of hydrogen-bond acceptors (Lipinski definition) is 5. The van der Waals surface area contributed by atoms with Crippen molar-refractivity contribution >= 4 is 11.9 Å². The van der Waals surface area contributed by atoms with E-state index in [2.05, 4.69) is 31.3 Å². The maximum absolute atomic E-state index is 12.4. The molecule has 0 fully saturated rings. The Morgan fingerprint density at radius 2 is 0.855 bits per heavy atom. The van der Waals surface area contributed by atoms with Gasteiger partial charge in [0, 0.05) is 12.8 Å². The van der Waals surface area contributed by atoms with Crippen LogP contribution >= 0.6 is 0 Å². The minimum absolute atomic E-state index is 0.0173. The summed E-state index contributed by atoms with van der Waals surface area (Å²) in [4.78, 5) is 24.4. The highest BCUT2D eigenvalue weighted by atomic mass is 16.5. The zero-order valence-corrected chi connectivity index (χ0v) is 36.9. The fraction of sp³-hybridized carbons (Fsp3) is 0.918. The van der Waals surface area contributed by atoms with Gasteiger partial charge in [0.15, 0.2) is 0 Å². The van der Waals surface area contributed by atoms with Crippen molar-refractivity contribution in [2.75, 3.05) is 13.2 Å². The number of aliphatic hydroxyl groups is 2. The van der Waals surface area contributed by atoms with Crippen molar-refractivity contribution in [3.05, 3.63) is 12.2 Å². The highest BCUT2D eigenvalue weighted by Crippen LogP contribution is 2.16. The standard InChI is InChI=1S/C49H95NO5/c1-3-5-7-9-11-13-15-16-17-18-23-27-31-35-39-43-49(54)55-44-40-36-32-28-24-20-19-22-26-30-34-38-42-48(53)50-46(45-51)47(52)41-37-33-29-25-21-14-12-10-8-6-4-2/h16-17,46-47,51-52H,3-15,18-45H2,1-2H3,(H,50,53)/b17-16-. The normalized spacial score (nSPS) is 12.7.